The molecule has 1 atom stereocenters. The summed E-state index contributed by atoms with van der Waals surface area (Å²) >= 11 is 0. The number of nitrogens with zero attached hydrogens (tertiary/aromatic N) is 1. The number of ketones is 1. The standard InChI is InChI=1S/C13H14FNO3S/c1-2-11(16)9-3-4-12-10(7-9)15(6-5-14)13(17)8-19(12)18/h3-4,7H,2,5-6,8H2,1H3. The summed E-state index contributed by atoms with van der Waals surface area (Å²) in [7, 11) is -1.42. The number of fused-ring (bicyclic) bond motifs is 1. The van der Waals surface area contributed by atoms with Crippen LogP contribution >= 0.6 is 0 Å². The number of Topliss-reactive ketones (excluding diaryl/α,β-unsaturated/α-hetero) is 1. The summed E-state index contributed by atoms with van der Waals surface area (Å²) in [5.41, 5.74) is 0.850. The summed E-state index contributed by atoms with van der Waals surface area (Å²) in [5.74, 6) is -0.565. The number of hydrogen-bond acceptors (Lipinski definition) is 3. The van der Waals surface area contributed by atoms with Crippen molar-refractivity contribution < 1.29 is 18.2 Å². The first-order valence-electron chi connectivity index (χ1n) is 6.00. The molecule has 1 amide bonds. The lowest BCUT2D eigenvalue weighted by atomic mass is 10.1. The Balaban J connectivity index is 2.51. The highest BCUT2D eigenvalue weighted by Gasteiger charge is 2.29. The molecule has 1 aromatic rings. The predicted octanol–water partition coefficient (Wildman–Crippen LogP) is 1.70. The number of halogens is 1. The van der Waals surface area contributed by atoms with Crippen LogP contribution < -0.4 is 4.90 Å². The molecule has 0 aromatic heterocycles. The predicted molar refractivity (Wildman–Crippen MR) is 70.7 cm³/mol. The number of benzene rings is 1. The van der Waals surface area contributed by atoms with Crippen LogP contribution in [0.3, 0.4) is 0 Å². The van der Waals surface area contributed by atoms with Crippen molar-refractivity contribution in [3.63, 3.8) is 0 Å². The van der Waals surface area contributed by atoms with E-state index >= 15 is 0 Å². The molecule has 0 radical (unpaired) electrons. The molecule has 4 nitrogen and oxygen atoms in total. The molecule has 0 saturated heterocycles. The average molecular weight is 283 g/mol. The number of anilines is 1. The maximum Gasteiger partial charge on any atom is 0.240 e. The fraction of sp³-hybridized carbons (Fsp3) is 0.385. The van der Waals surface area contributed by atoms with Crippen molar-refractivity contribution in [2.24, 2.45) is 0 Å². The average Bonchev–Trinajstić information content (AvgIpc) is 2.42. The number of alkyl halides is 1. The fourth-order valence-corrected chi connectivity index (χ4v) is 3.19. The maximum absolute atomic E-state index is 12.5. The van der Waals surface area contributed by atoms with Crippen LogP contribution in [0.5, 0.6) is 0 Å². The zero-order valence-corrected chi connectivity index (χ0v) is 11.3. The minimum Gasteiger partial charge on any atom is -0.308 e. The summed E-state index contributed by atoms with van der Waals surface area (Å²) in [5, 5.41) is 0. The van der Waals surface area contributed by atoms with E-state index < -0.39 is 17.5 Å². The summed E-state index contributed by atoms with van der Waals surface area (Å²) in [6.07, 6.45) is 0.346. The van der Waals surface area contributed by atoms with Gasteiger partial charge in [-0.3, -0.25) is 13.8 Å². The molecular weight excluding hydrogens is 269 g/mol. The van der Waals surface area contributed by atoms with Crippen molar-refractivity contribution in [2.45, 2.75) is 18.2 Å². The van der Waals surface area contributed by atoms with Crippen LogP contribution in [-0.2, 0) is 15.6 Å². The van der Waals surface area contributed by atoms with E-state index in [0.29, 0.717) is 22.6 Å². The van der Waals surface area contributed by atoms with E-state index in [4.69, 9.17) is 0 Å². The molecule has 2 rings (SSSR count). The molecule has 0 aliphatic carbocycles. The molecule has 0 spiro atoms. The first-order valence-corrected chi connectivity index (χ1v) is 7.32. The molecule has 0 bridgehead atoms. The van der Waals surface area contributed by atoms with E-state index in [-0.39, 0.29) is 24.0 Å². The van der Waals surface area contributed by atoms with Crippen LogP contribution in [0.4, 0.5) is 10.1 Å². The van der Waals surface area contributed by atoms with E-state index in [1.165, 1.54) is 11.0 Å². The van der Waals surface area contributed by atoms with E-state index in [9.17, 15) is 18.2 Å². The minimum absolute atomic E-state index is 0.0631. The number of carbonyl (C=O) groups excluding carboxylic acids is 2. The van der Waals surface area contributed by atoms with E-state index in [1.54, 1.807) is 19.1 Å². The highest BCUT2D eigenvalue weighted by atomic mass is 32.2. The van der Waals surface area contributed by atoms with Crippen molar-refractivity contribution in [3.8, 4) is 0 Å². The lowest BCUT2D eigenvalue weighted by molar-refractivity contribution is -0.116. The summed E-state index contributed by atoms with van der Waals surface area (Å²) in [4.78, 5) is 25.2. The van der Waals surface area contributed by atoms with Crippen molar-refractivity contribution in [2.75, 3.05) is 23.9 Å². The van der Waals surface area contributed by atoms with E-state index in [2.05, 4.69) is 0 Å². The topological polar surface area (TPSA) is 54.5 Å². The number of rotatable bonds is 4. The first-order chi connectivity index (χ1) is 9.08. The Labute approximate surface area is 113 Å². The fourth-order valence-electron chi connectivity index (χ4n) is 2.03. The second-order valence-electron chi connectivity index (χ2n) is 4.18. The Bertz CT molecular complexity index is 559. The van der Waals surface area contributed by atoms with Crippen LogP contribution in [0.25, 0.3) is 0 Å². The molecule has 1 aliphatic rings. The van der Waals surface area contributed by atoms with Gasteiger partial charge in [-0.05, 0) is 12.1 Å². The van der Waals surface area contributed by atoms with Gasteiger partial charge in [0.25, 0.3) is 0 Å². The molecule has 19 heavy (non-hydrogen) atoms. The maximum atomic E-state index is 12.5. The molecule has 1 aliphatic heterocycles. The smallest absolute Gasteiger partial charge is 0.240 e. The zero-order valence-electron chi connectivity index (χ0n) is 10.5. The molecule has 6 heteroatoms. The third kappa shape index (κ3) is 2.58. The van der Waals surface area contributed by atoms with Gasteiger partial charge in [0, 0.05) is 12.0 Å². The Morgan fingerprint density at radius 1 is 1.47 bits per heavy atom. The summed E-state index contributed by atoms with van der Waals surface area (Å²) in [6, 6.07) is 4.73. The monoisotopic (exact) mass is 283 g/mol. The van der Waals surface area contributed by atoms with Gasteiger partial charge in [-0.2, -0.15) is 0 Å². The lowest BCUT2D eigenvalue weighted by Crippen LogP contribution is -2.40. The molecule has 102 valence electrons. The zero-order chi connectivity index (χ0) is 14.0. The highest BCUT2D eigenvalue weighted by molar-refractivity contribution is 7.86. The first kappa shape index (κ1) is 13.9. The van der Waals surface area contributed by atoms with Crippen molar-refractivity contribution >= 4 is 28.2 Å². The third-order valence-corrected chi connectivity index (χ3v) is 4.35. The van der Waals surface area contributed by atoms with Crippen molar-refractivity contribution in [3.05, 3.63) is 23.8 Å². The van der Waals surface area contributed by atoms with Gasteiger partial charge < -0.3 is 4.90 Å². The quantitative estimate of drug-likeness (QED) is 0.790. The molecule has 1 heterocycles. The molecular formula is C13H14FNO3S. The van der Waals surface area contributed by atoms with Gasteiger partial charge in [-0.25, -0.2) is 4.39 Å². The third-order valence-electron chi connectivity index (χ3n) is 3.00. The molecule has 0 N–H and O–H groups in total. The van der Waals surface area contributed by atoms with Crippen LogP contribution in [0.2, 0.25) is 0 Å². The van der Waals surface area contributed by atoms with Crippen molar-refractivity contribution in [1.29, 1.82) is 0 Å². The molecule has 0 fully saturated rings. The minimum atomic E-state index is -1.42. The number of carbonyl (C=O) groups is 2. The SMILES string of the molecule is CCC(=O)c1ccc2c(c1)N(CCF)C(=O)CS2=O. The van der Waals surface area contributed by atoms with Gasteiger partial charge in [-0.1, -0.05) is 13.0 Å². The Kier molecular flexibility index (Phi) is 4.09. The Morgan fingerprint density at radius 3 is 2.84 bits per heavy atom. The van der Waals surface area contributed by atoms with E-state index in [1.807, 2.05) is 0 Å². The van der Waals surface area contributed by atoms with Crippen LogP contribution in [0.1, 0.15) is 23.7 Å². The molecule has 1 aromatic carbocycles. The van der Waals surface area contributed by atoms with Crippen molar-refractivity contribution in [1.82, 2.24) is 0 Å². The van der Waals surface area contributed by atoms with Crippen LogP contribution in [0.15, 0.2) is 23.1 Å². The largest absolute Gasteiger partial charge is 0.308 e. The second-order valence-corrected chi connectivity index (χ2v) is 5.60. The van der Waals surface area contributed by atoms with Gasteiger partial charge in [0.15, 0.2) is 5.78 Å². The Hall–Kier alpha value is -1.56. The molecule has 0 saturated carbocycles. The van der Waals surface area contributed by atoms with Gasteiger partial charge in [0.05, 0.1) is 27.9 Å². The summed E-state index contributed by atoms with van der Waals surface area (Å²) in [6.45, 7) is 0.987. The lowest BCUT2D eigenvalue weighted by Gasteiger charge is -2.28. The van der Waals surface area contributed by atoms with Crippen LogP contribution in [0, 0.1) is 0 Å². The van der Waals surface area contributed by atoms with Gasteiger partial charge in [0.2, 0.25) is 5.91 Å². The van der Waals surface area contributed by atoms with Gasteiger partial charge in [-0.15, -0.1) is 0 Å². The van der Waals surface area contributed by atoms with Gasteiger partial charge in [0.1, 0.15) is 12.4 Å². The Morgan fingerprint density at radius 2 is 2.21 bits per heavy atom. The normalized spacial score (nSPS) is 18.3. The van der Waals surface area contributed by atoms with Gasteiger partial charge >= 0.3 is 0 Å². The van der Waals surface area contributed by atoms with E-state index in [0.717, 1.165) is 0 Å². The molecule has 1 unspecified atom stereocenters. The number of amides is 1. The summed E-state index contributed by atoms with van der Waals surface area (Å²) < 4.78 is 24.4. The number of hydrogen-bond donors (Lipinski definition) is 0. The highest BCUT2D eigenvalue weighted by Crippen LogP contribution is 2.30. The second kappa shape index (κ2) is 5.61. The van der Waals surface area contributed by atoms with Crippen LogP contribution in [-0.4, -0.2) is 34.9 Å².